The Labute approximate surface area is 172 Å². The summed E-state index contributed by atoms with van der Waals surface area (Å²) in [4.78, 5) is 12.1. The van der Waals surface area contributed by atoms with Crippen LogP contribution in [-0.2, 0) is 4.74 Å². The van der Waals surface area contributed by atoms with Crippen LogP contribution in [0.15, 0.2) is 54.7 Å². The van der Waals surface area contributed by atoms with E-state index in [1.165, 1.54) is 5.56 Å². The highest BCUT2D eigenvalue weighted by atomic mass is 16.5. The maximum absolute atomic E-state index is 5.99. The highest BCUT2D eigenvalue weighted by molar-refractivity contribution is 5.71. The van der Waals surface area contributed by atoms with E-state index in [-0.39, 0.29) is 6.10 Å². The van der Waals surface area contributed by atoms with E-state index in [0.29, 0.717) is 6.04 Å². The molecule has 2 fully saturated rings. The average Bonchev–Trinajstić information content (AvgIpc) is 3.43. The molecule has 0 spiro atoms. The fourth-order valence-corrected chi connectivity index (χ4v) is 4.58. The van der Waals surface area contributed by atoms with E-state index >= 15 is 0 Å². The number of piperidine rings is 1. The number of pyridine rings is 1. The molecule has 29 heavy (non-hydrogen) atoms. The number of aromatic nitrogens is 3. The fourth-order valence-electron chi connectivity index (χ4n) is 4.58. The van der Waals surface area contributed by atoms with Gasteiger partial charge in [-0.1, -0.05) is 42.5 Å². The smallest absolute Gasteiger partial charge is 0.160 e. The maximum Gasteiger partial charge on any atom is 0.160 e. The molecule has 4 heterocycles. The van der Waals surface area contributed by atoms with E-state index in [0.717, 1.165) is 68.9 Å². The highest BCUT2D eigenvalue weighted by Gasteiger charge is 2.30. The van der Waals surface area contributed by atoms with Crippen LogP contribution in [0.3, 0.4) is 0 Å². The van der Waals surface area contributed by atoms with Crippen molar-refractivity contribution < 1.29 is 4.74 Å². The third-order valence-corrected chi connectivity index (χ3v) is 6.09. The van der Waals surface area contributed by atoms with Crippen LogP contribution in [0.25, 0.3) is 17.2 Å². The molecule has 3 aromatic rings. The van der Waals surface area contributed by atoms with Gasteiger partial charge in [0.15, 0.2) is 5.65 Å². The van der Waals surface area contributed by atoms with Crippen molar-refractivity contribution >= 4 is 17.2 Å². The maximum atomic E-state index is 5.99. The molecule has 0 saturated carbocycles. The summed E-state index contributed by atoms with van der Waals surface area (Å²) in [6.07, 6.45) is 10.9. The molecular formula is C24H28N4O. The summed E-state index contributed by atoms with van der Waals surface area (Å²) < 4.78 is 8.38. The Morgan fingerprint density at radius 2 is 1.90 bits per heavy atom. The highest BCUT2D eigenvalue weighted by Crippen LogP contribution is 2.35. The molecule has 5 heteroatoms. The molecule has 1 atom stereocenters. The zero-order valence-electron chi connectivity index (χ0n) is 16.8. The van der Waals surface area contributed by atoms with Crippen LogP contribution in [-0.4, -0.2) is 45.7 Å². The average molecular weight is 389 g/mol. The van der Waals surface area contributed by atoms with Crippen molar-refractivity contribution in [1.82, 2.24) is 19.4 Å². The summed E-state index contributed by atoms with van der Waals surface area (Å²) in [5, 5.41) is 0. The summed E-state index contributed by atoms with van der Waals surface area (Å²) in [5.74, 6) is 1.08. The predicted octanol–water partition coefficient (Wildman–Crippen LogP) is 4.63. The van der Waals surface area contributed by atoms with Gasteiger partial charge in [-0.05, 0) is 43.4 Å². The molecule has 0 aliphatic carbocycles. The third-order valence-electron chi connectivity index (χ3n) is 6.09. The number of fused-ring (bicyclic) bond motifs is 1. The monoisotopic (exact) mass is 388 g/mol. The van der Waals surface area contributed by atoms with Gasteiger partial charge in [0.1, 0.15) is 17.4 Å². The Morgan fingerprint density at radius 3 is 2.69 bits per heavy atom. The number of imidazole rings is 1. The largest absolute Gasteiger partial charge is 0.370 e. The Morgan fingerprint density at radius 1 is 1.03 bits per heavy atom. The minimum Gasteiger partial charge on any atom is -0.370 e. The summed E-state index contributed by atoms with van der Waals surface area (Å²) in [5.41, 5.74) is 3.27. The Balaban J connectivity index is 1.29. The molecule has 2 aromatic heterocycles. The van der Waals surface area contributed by atoms with Crippen LogP contribution in [0.1, 0.15) is 49.2 Å². The third kappa shape index (κ3) is 3.98. The minimum atomic E-state index is 0.121. The molecule has 2 aliphatic heterocycles. The van der Waals surface area contributed by atoms with Crippen molar-refractivity contribution in [1.29, 1.82) is 0 Å². The summed E-state index contributed by atoms with van der Waals surface area (Å²) in [6, 6.07) is 15.0. The lowest BCUT2D eigenvalue weighted by atomic mass is 10.0. The molecule has 5 nitrogen and oxygen atoms in total. The van der Waals surface area contributed by atoms with Gasteiger partial charge in [0.05, 0.1) is 0 Å². The summed E-state index contributed by atoms with van der Waals surface area (Å²) in [7, 11) is 0. The number of ether oxygens (including phenoxy) is 1. The van der Waals surface area contributed by atoms with E-state index < -0.39 is 0 Å². The molecule has 0 radical (unpaired) electrons. The van der Waals surface area contributed by atoms with Crippen molar-refractivity contribution in [3.05, 3.63) is 66.1 Å². The van der Waals surface area contributed by atoms with Gasteiger partial charge in [0.2, 0.25) is 0 Å². The van der Waals surface area contributed by atoms with E-state index in [4.69, 9.17) is 9.72 Å². The van der Waals surface area contributed by atoms with Crippen LogP contribution in [0.5, 0.6) is 0 Å². The first-order chi connectivity index (χ1) is 14.4. The van der Waals surface area contributed by atoms with Crippen LogP contribution in [0.4, 0.5) is 0 Å². The Bertz CT molecular complexity index is 967. The van der Waals surface area contributed by atoms with E-state index in [1.54, 1.807) is 0 Å². The molecule has 150 valence electrons. The number of likely N-dealkylation sites (tertiary alicyclic amines) is 1. The number of rotatable bonds is 5. The number of hydrogen-bond acceptors (Lipinski definition) is 4. The molecule has 1 aromatic carbocycles. The second kappa shape index (κ2) is 8.47. The van der Waals surface area contributed by atoms with E-state index in [9.17, 15) is 0 Å². The molecule has 2 saturated heterocycles. The van der Waals surface area contributed by atoms with Gasteiger partial charge in [0, 0.05) is 38.5 Å². The van der Waals surface area contributed by atoms with Crippen LogP contribution < -0.4 is 0 Å². The Kier molecular flexibility index (Phi) is 5.41. The molecule has 0 unspecified atom stereocenters. The lowest BCUT2D eigenvalue weighted by Gasteiger charge is -2.33. The fraction of sp³-hybridized carbons (Fsp3) is 0.417. The minimum absolute atomic E-state index is 0.121. The number of hydrogen-bond donors (Lipinski definition) is 0. The van der Waals surface area contributed by atoms with Crippen molar-refractivity contribution in [3.8, 4) is 0 Å². The number of nitrogens with zero attached hydrogens (tertiary/aromatic N) is 4. The van der Waals surface area contributed by atoms with Gasteiger partial charge in [-0.15, -0.1) is 0 Å². The van der Waals surface area contributed by atoms with E-state index in [2.05, 4.69) is 63.0 Å². The quantitative estimate of drug-likeness (QED) is 0.639. The summed E-state index contributed by atoms with van der Waals surface area (Å²) >= 11 is 0. The lowest BCUT2D eigenvalue weighted by molar-refractivity contribution is 0.0978. The second-order valence-electron chi connectivity index (χ2n) is 8.03. The van der Waals surface area contributed by atoms with Gasteiger partial charge in [-0.25, -0.2) is 9.97 Å². The molecule has 2 aliphatic rings. The van der Waals surface area contributed by atoms with Gasteiger partial charge in [-0.2, -0.15) is 0 Å². The topological polar surface area (TPSA) is 43.2 Å². The van der Waals surface area contributed by atoms with E-state index in [1.807, 2.05) is 12.3 Å². The first kappa shape index (κ1) is 18.5. The molecular weight excluding hydrogens is 360 g/mol. The lowest BCUT2D eigenvalue weighted by Crippen LogP contribution is -2.35. The van der Waals surface area contributed by atoms with Gasteiger partial charge >= 0.3 is 0 Å². The van der Waals surface area contributed by atoms with Crippen molar-refractivity contribution in [2.45, 2.75) is 37.8 Å². The second-order valence-corrected chi connectivity index (χ2v) is 8.03. The first-order valence-electron chi connectivity index (χ1n) is 10.8. The standard InChI is InChI=1S/C24H28N4O/c1-2-7-19(8-3-1)9-5-15-27-16-12-20(13-17-27)28-23-21(10-4-14-25-23)26-24(28)22-11-6-18-29-22/h1-5,7-10,14,20,22H,6,11-13,15-18H2/b9-5+/t22-/m0/s1. The normalized spacial score (nSPS) is 21.4. The van der Waals surface area contributed by atoms with Gasteiger partial charge < -0.3 is 9.30 Å². The molecule has 0 bridgehead atoms. The SMILES string of the molecule is C(=C\c1ccccc1)/CN1CCC(n2c([C@@H]3CCCO3)nc3cccnc32)CC1. The molecule has 0 N–H and O–H groups in total. The predicted molar refractivity (Wildman–Crippen MR) is 116 cm³/mol. The zero-order valence-corrected chi connectivity index (χ0v) is 16.8. The van der Waals surface area contributed by atoms with Gasteiger partial charge in [0.25, 0.3) is 0 Å². The number of benzene rings is 1. The first-order valence-corrected chi connectivity index (χ1v) is 10.8. The molecule has 5 rings (SSSR count). The summed E-state index contributed by atoms with van der Waals surface area (Å²) in [6.45, 7) is 4.04. The van der Waals surface area contributed by atoms with Gasteiger partial charge in [-0.3, -0.25) is 4.90 Å². The Hall–Kier alpha value is -2.50. The van der Waals surface area contributed by atoms with Crippen molar-refractivity contribution in [2.75, 3.05) is 26.2 Å². The van der Waals surface area contributed by atoms with Crippen LogP contribution in [0, 0.1) is 0 Å². The van der Waals surface area contributed by atoms with Crippen molar-refractivity contribution in [2.24, 2.45) is 0 Å². The van der Waals surface area contributed by atoms with Crippen LogP contribution >= 0.6 is 0 Å². The zero-order chi connectivity index (χ0) is 19.5. The molecule has 0 amide bonds. The van der Waals surface area contributed by atoms with Crippen LogP contribution in [0.2, 0.25) is 0 Å². The van der Waals surface area contributed by atoms with Crippen molar-refractivity contribution in [3.63, 3.8) is 0 Å².